The molecular weight excluding hydrogens is 329 g/mol. The largest absolute Gasteiger partial charge is 0.310 e. The molecule has 1 aliphatic carbocycles. The predicted octanol–water partition coefficient (Wildman–Crippen LogP) is 5.47. The first kappa shape index (κ1) is 15.3. The van der Waals surface area contributed by atoms with Gasteiger partial charge in [-0.2, -0.15) is 0 Å². The number of benzene rings is 1. The molecule has 0 heterocycles. The van der Waals surface area contributed by atoms with Crippen molar-refractivity contribution in [2.45, 2.75) is 45.6 Å². The van der Waals surface area contributed by atoms with Crippen LogP contribution in [0.1, 0.15) is 51.1 Å². The van der Waals surface area contributed by atoms with Crippen molar-refractivity contribution in [1.29, 1.82) is 0 Å². The van der Waals surface area contributed by atoms with E-state index in [4.69, 9.17) is 11.6 Å². The van der Waals surface area contributed by atoms with Gasteiger partial charge in [0.15, 0.2) is 0 Å². The van der Waals surface area contributed by atoms with E-state index in [2.05, 4.69) is 35.1 Å². The zero-order chi connectivity index (χ0) is 14.0. The average molecular weight is 349 g/mol. The third-order valence-corrected chi connectivity index (χ3v) is 5.49. The molecule has 19 heavy (non-hydrogen) atoms. The van der Waals surface area contributed by atoms with Gasteiger partial charge in [-0.1, -0.05) is 44.4 Å². The van der Waals surface area contributed by atoms with Gasteiger partial charge in [-0.15, -0.1) is 0 Å². The molecule has 0 saturated heterocycles. The smallest absolute Gasteiger partial charge is 0.147 e. The van der Waals surface area contributed by atoms with Gasteiger partial charge in [0.1, 0.15) is 5.82 Å². The molecule has 1 nitrogen and oxygen atoms in total. The van der Waals surface area contributed by atoms with Crippen LogP contribution in [-0.2, 0) is 0 Å². The summed E-state index contributed by atoms with van der Waals surface area (Å²) in [5.41, 5.74) is 0.813. The molecule has 1 N–H and O–H groups in total. The van der Waals surface area contributed by atoms with Crippen molar-refractivity contribution >= 4 is 27.5 Å². The zero-order valence-electron chi connectivity index (χ0n) is 11.4. The van der Waals surface area contributed by atoms with E-state index in [1.54, 1.807) is 0 Å². The topological polar surface area (TPSA) is 12.0 Å². The molecule has 1 unspecified atom stereocenters. The maximum absolute atomic E-state index is 14.5. The fourth-order valence-electron chi connectivity index (χ4n) is 3.17. The van der Waals surface area contributed by atoms with Crippen molar-refractivity contribution in [2.75, 3.05) is 6.54 Å². The van der Waals surface area contributed by atoms with Gasteiger partial charge in [0, 0.05) is 16.1 Å². The molecule has 1 atom stereocenters. The van der Waals surface area contributed by atoms with E-state index < -0.39 is 0 Å². The molecule has 4 heteroatoms. The van der Waals surface area contributed by atoms with E-state index in [0.29, 0.717) is 10.0 Å². The van der Waals surface area contributed by atoms with Crippen molar-refractivity contribution in [2.24, 2.45) is 5.41 Å². The average Bonchev–Trinajstić information content (AvgIpc) is 2.82. The van der Waals surface area contributed by atoms with Crippen LogP contribution in [0.4, 0.5) is 4.39 Å². The van der Waals surface area contributed by atoms with Gasteiger partial charge in [0.05, 0.1) is 5.02 Å². The normalized spacial score (nSPS) is 19.6. The number of hydrogen-bond donors (Lipinski definition) is 1. The SMILES string of the molecule is CCNC(c1ccc(Br)c(Cl)c1F)C1(C)CCCC1. The highest BCUT2D eigenvalue weighted by atomic mass is 79.9. The first-order valence-electron chi connectivity index (χ1n) is 6.86. The standard InChI is InChI=1S/C15H20BrClFN/c1-3-19-14(15(2)8-4-5-9-15)10-6-7-11(16)12(17)13(10)18/h6-7,14,19H,3-5,8-9H2,1-2H3. The minimum absolute atomic E-state index is 0.0330. The Balaban J connectivity index is 2.42. The van der Waals surface area contributed by atoms with Gasteiger partial charge in [-0.05, 0) is 46.8 Å². The van der Waals surface area contributed by atoms with Crippen LogP contribution in [0.25, 0.3) is 0 Å². The van der Waals surface area contributed by atoms with Crippen LogP contribution >= 0.6 is 27.5 Å². The van der Waals surface area contributed by atoms with Gasteiger partial charge >= 0.3 is 0 Å². The van der Waals surface area contributed by atoms with E-state index in [1.807, 2.05) is 12.1 Å². The molecule has 1 saturated carbocycles. The highest BCUT2D eigenvalue weighted by Gasteiger charge is 2.38. The number of rotatable bonds is 4. The molecular formula is C15H20BrClFN. The third-order valence-electron chi connectivity index (χ3n) is 4.23. The molecule has 1 aromatic carbocycles. The Hall–Kier alpha value is -0.120. The molecule has 0 amide bonds. The molecule has 106 valence electrons. The Morgan fingerprint density at radius 3 is 2.63 bits per heavy atom. The van der Waals surface area contributed by atoms with Crippen molar-refractivity contribution in [1.82, 2.24) is 5.32 Å². The minimum atomic E-state index is -0.296. The van der Waals surface area contributed by atoms with E-state index >= 15 is 0 Å². The number of nitrogens with one attached hydrogen (secondary N) is 1. The number of halogens is 3. The molecule has 1 aromatic rings. The molecule has 0 spiro atoms. The van der Waals surface area contributed by atoms with Gasteiger partial charge in [0.2, 0.25) is 0 Å². The highest BCUT2D eigenvalue weighted by Crippen LogP contribution is 2.48. The first-order valence-corrected chi connectivity index (χ1v) is 8.03. The summed E-state index contributed by atoms with van der Waals surface area (Å²) < 4.78 is 15.1. The van der Waals surface area contributed by atoms with Crippen LogP contribution in [0.5, 0.6) is 0 Å². The summed E-state index contributed by atoms with van der Waals surface area (Å²) in [5.74, 6) is -0.296. The fourth-order valence-corrected chi connectivity index (χ4v) is 3.65. The molecule has 0 bridgehead atoms. The van der Waals surface area contributed by atoms with Crippen LogP contribution < -0.4 is 5.32 Å². The van der Waals surface area contributed by atoms with Crippen molar-refractivity contribution < 1.29 is 4.39 Å². The third kappa shape index (κ3) is 2.98. The Labute approximate surface area is 128 Å². The minimum Gasteiger partial charge on any atom is -0.310 e. The Bertz CT molecular complexity index is 458. The maximum atomic E-state index is 14.5. The molecule has 1 fully saturated rings. The highest BCUT2D eigenvalue weighted by molar-refractivity contribution is 9.10. The fraction of sp³-hybridized carbons (Fsp3) is 0.600. The van der Waals surface area contributed by atoms with E-state index in [1.165, 1.54) is 12.8 Å². The van der Waals surface area contributed by atoms with Gasteiger partial charge in [0.25, 0.3) is 0 Å². The van der Waals surface area contributed by atoms with Crippen molar-refractivity contribution in [3.8, 4) is 0 Å². The Kier molecular flexibility index (Phi) is 4.91. The van der Waals surface area contributed by atoms with Crippen molar-refractivity contribution in [3.05, 3.63) is 33.0 Å². The monoisotopic (exact) mass is 347 g/mol. The Morgan fingerprint density at radius 2 is 2.05 bits per heavy atom. The summed E-state index contributed by atoms with van der Waals surface area (Å²) in [6.45, 7) is 5.14. The molecule has 2 rings (SSSR count). The molecule has 0 aromatic heterocycles. The van der Waals surface area contributed by atoms with E-state index in [9.17, 15) is 4.39 Å². The van der Waals surface area contributed by atoms with Crippen LogP contribution in [0.15, 0.2) is 16.6 Å². The van der Waals surface area contributed by atoms with Gasteiger partial charge in [-0.3, -0.25) is 0 Å². The summed E-state index contributed by atoms with van der Waals surface area (Å²) in [6, 6.07) is 3.72. The molecule has 1 aliphatic rings. The van der Waals surface area contributed by atoms with Crippen LogP contribution in [0.3, 0.4) is 0 Å². The zero-order valence-corrected chi connectivity index (χ0v) is 13.7. The second-order valence-corrected chi connectivity index (χ2v) is 6.85. The summed E-state index contributed by atoms with van der Waals surface area (Å²) in [4.78, 5) is 0. The first-order chi connectivity index (χ1) is 8.99. The van der Waals surface area contributed by atoms with Crippen LogP contribution in [0.2, 0.25) is 5.02 Å². The predicted molar refractivity (Wildman–Crippen MR) is 82.1 cm³/mol. The van der Waals surface area contributed by atoms with Gasteiger partial charge in [-0.25, -0.2) is 4.39 Å². The molecule has 0 radical (unpaired) electrons. The summed E-state index contributed by atoms with van der Waals surface area (Å²) in [5, 5.41) is 3.64. The molecule has 0 aliphatic heterocycles. The lowest BCUT2D eigenvalue weighted by Crippen LogP contribution is -2.35. The number of hydrogen-bond acceptors (Lipinski definition) is 1. The maximum Gasteiger partial charge on any atom is 0.147 e. The lowest BCUT2D eigenvalue weighted by Gasteiger charge is -2.35. The van der Waals surface area contributed by atoms with E-state index in [-0.39, 0.29) is 22.3 Å². The van der Waals surface area contributed by atoms with Gasteiger partial charge < -0.3 is 5.32 Å². The quantitative estimate of drug-likeness (QED) is 0.711. The van der Waals surface area contributed by atoms with Crippen LogP contribution in [0, 0.1) is 11.2 Å². The second kappa shape index (κ2) is 6.11. The summed E-state index contributed by atoms with van der Waals surface area (Å²) in [6.07, 6.45) is 4.73. The second-order valence-electron chi connectivity index (χ2n) is 5.62. The lowest BCUT2D eigenvalue weighted by atomic mass is 9.77. The lowest BCUT2D eigenvalue weighted by molar-refractivity contribution is 0.221. The van der Waals surface area contributed by atoms with E-state index in [0.717, 1.165) is 19.4 Å². The summed E-state index contributed by atoms with van der Waals surface area (Å²) >= 11 is 9.30. The Morgan fingerprint density at radius 1 is 1.42 bits per heavy atom. The van der Waals surface area contributed by atoms with Crippen molar-refractivity contribution in [3.63, 3.8) is 0 Å². The summed E-state index contributed by atoms with van der Waals surface area (Å²) in [7, 11) is 0. The van der Waals surface area contributed by atoms with Crippen LogP contribution in [-0.4, -0.2) is 6.54 Å².